The zero-order valence-corrected chi connectivity index (χ0v) is 20.0. The van der Waals surface area contributed by atoms with E-state index >= 15 is 4.39 Å². The summed E-state index contributed by atoms with van der Waals surface area (Å²) in [7, 11) is 1.42. The fraction of sp³-hybridized carbons (Fsp3) is 0.208. The van der Waals surface area contributed by atoms with E-state index in [1.54, 1.807) is 30.3 Å². The summed E-state index contributed by atoms with van der Waals surface area (Å²) in [6, 6.07) is 9.92. The third-order valence-electron chi connectivity index (χ3n) is 5.22. The normalized spacial score (nSPS) is 12.5. The number of hydrogen-bond acceptors (Lipinski definition) is 9. The molecular formula is C24H25FN8O4. The number of nitrogens with zero attached hydrogens (tertiary/aromatic N) is 4. The van der Waals surface area contributed by atoms with Crippen LogP contribution in [0.1, 0.15) is 29.9 Å². The van der Waals surface area contributed by atoms with Gasteiger partial charge in [0.05, 0.1) is 13.2 Å². The molecule has 0 fully saturated rings. The number of ether oxygens (including phenoxy) is 2. The zero-order chi connectivity index (χ0) is 26.5. The lowest BCUT2D eigenvalue weighted by Crippen LogP contribution is -2.19. The molecule has 4 aromatic rings. The molecule has 0 aliphatic heterocycles. The molecule has 0 aliphatic rings. The number of hydrogen-bond donors (Lipinski definition) is 5. The van der Waals surface area contributed by atoms with Gasteiger partial charge in [-0.15, -0.1) is 9.78 Å². The van der Waals surface area contributed by atoms with Crippen LogP contribution < -0.4 is 26.2 Å². The maximum absolute atomic E-state index is 15.8. The minimum Gasteiger partial charge on any atom is -0.497 e. The number of anilines is 1. The van der Waals surface area contributed by atoms with Crippen molar-refractivity contribution in [1.82, 2.24) is 24.7 Å². The van der Waals surface area contributed by atoms with E-state index in [1.807, 2.05) is 0 Å². The van der Waals surface area contributed by atoms with Crippen molar-refractivity contribution >= 4 is 11.5 Å². The molecule has 0 spiro atoms. The molecule has 2 aromatic heterocycles. The van der Waals surface area contributed by atoms with E-state index in [1.165, 1.54) is 38.6 Å². The predicted octanol–water partition coefficient (Wildman–Crippen LogP) is 1.74. The van der Waals surface area contributed by atoms with E-state index in [9.17, 15) is 9.90 Å². The van der Waals surface area contributed by atoms with Crippen LogP contribution in [0.4, 0.5) is 10.1 Å². The van der Waals surface area contributed by atoms with Crippen molar-refractivity contribution in [3.63, 3.8) is 0 Å². The van der Waals surface area contributed by atoms with Crippen molar-refractivity contribution in [3.05, 3.63) is 88.1 Å². The van der Waals surface area contributed by atoms with Crippen LogP contribution in [-0.2, 0) is 0 Å². The number of aliphatic hydroxyl groups excluding tert-OH is 1. The Morgan fingerprint density at radius 1 is 1.27 bits per heavy atom. The molecule has 37 heavy (non-hydrogen) atoms. The summed E-state index contributed by atoms with van der Waals surface area (Å²) < 4.78 is 27.6. The quantitative estimate of drug-likeness (QED) is 0.158. The molecule has 2 heterocycles. The van der Waals surface area contributed by atoms with E-state index < -0.39 is 23.7 Å². The monoisotopic (exact) mass is 508 g/mol. The first kappa shape index (κ1) is 25.3. The van der Waals surface area contributed by atoms with Crippen molar-refractivity contribution in [3.8, 4) is 17.4 Å². The molecule has 0 aliphatic carbocycles. The predicted molar refractivity (Wildman–Crippen MR) is 133 cm³/mol. The van der Waals surface area contributed by atoms with E-state index in [0.717, 1.165) is 4.68 Å². The number of methoxy groups -OCH3 is 1. The van der Waals surface area contributed by atoms with E-state index in [2.05, 4.69) is 25.4 Å². The first-order valence-electron chi connectivity index (χ1n) is 11.1. The first-order chi connectivity index (χ1) is 17.8. The second-order valence-electron chi connectivity index (χ2n) is 8.03. The minimum atomic E-state index is -1.04. The highest BCUT2D eigenvalue weighted by atomic mass is 19.1. The fourth-order valence-corrected chi connectivity index (χ4v) is 3.45. The smallest absolute Gasteiger partial charge is 0.350 e. The highest BCUT2D eigenvalue weighted by Crippen LogP contribution is 2.35. The molecule has 0 bridgehead atoms. The van der Waals surface area contributed by atoms with Crippen LogP contribution in [0, 0.1) is 11.2 Å². The summed E-state index contributed by atoms with van der Waals surface area (Å²) in [5.41, 5.74) is 5.98. The van der Waals surface area contributed by atoms with Gasteiger partial charge in [0, 0.05) is 35.3 Å². The molecule has 0 saturated heterocycles. The Balaban J connectivity index is 1.83. The summed E-state index contributed by atoms with van der Waals surface area (Å²) in [5, 5.41) is 24.7. The summed E-state index contributed by atoms with van der Waals surface area (Å²) in [5.74, 6) is -0.627. The molecule has 0 saturated carbocycles. The molecular weight excluding hydrogens is 483 g/mol. The van der Waals surface area contributed by atoms with Crippen LogP contribution >= 0.6 is 0 Å². The average molecular weight is 509 g/mol. The third-order valence-corrected chi connectivity index (χ3v) is 5.22. The summed E-state index contributed by atoms with van der Waals surface area (Å²) in [4.78, 5) is 23.5. The van der Waals surface area contributed by atoms with Crippen LogP contribution in [0.2, 0.25) is 0 Å². The lowest BCUT2D eigenvalue weighted by Gasteiger charge is -2.21. The Kier molecular flexibility index (Phi) is 7.44. The number of H-pyrrole nitrogens is 1. The first-order valence-corrected chi connectivity index (χ1v) is 11.1. The van der Waals surface area contributed by atoms with Crippen molar-refractivity contribution < 1.29 is 19.0 Å². The van der Waals surface area contributed by atoms with Gasteiger partial charge in [0.1, 0.15) is 24.2 Å². The minimum absolute atomic E-state index is 0.0339. The number of aromatic amines is 1. The van der Waals surface area contributed by atoms with Crippen LogP contribution in [0.15, 0.2) is 59.7 Å². The van der Waals surface area contributed by atoms with Gasteiger partial charge in [0.25, 0.3) is 5.95 Å². The number of halogens is 1. The van der Waals surface area contributed by atoms with Crippen molar-refractivity contribution in [1.29, 1.82) is 5.41 Å². The molecule has 2 unspecified atom stereocenters. The Hall–Kier alpha value is -4.78. The Morgan fingerprint density at radius 2 is 1.97 bits per heavy atom. The standard InChI is InChI=1S/C24H25FN8O4/c1-13(34)12-37-18-11-16(36-2)10-17(19(18)25)20(30-15-6-4-14(5-7-15)21(26)27)22-31-24(35)33(32-22)23-28-8-3-9-29-23/h3-11,13,20,30,34H,12H2,1-2H3,(H3,26,27)(H,31,32,35). The molecule has 2 aromatic carbocycles. The number of nitrogens with one attached hydrogen (secondary N) is 3. The Labute approximate surface area is 210 Å². The van der Waals surface area contributed by atoms with Crippen molar-refractivity contribution in [2.45, 2.75) is 19.1 Å². The van der Waals surface area contributed by atoms with Crippen LogP contribution in [0.25, 0.3) is 5.95 Å². The summed E-state index contributed by atoms with van der Waals surface area (Å²) in [6.07, 6.45) is 2.09. The molecule has 12 nitrogen and oxygen atoms in total. The number of benzene rings is 2. The van der Waals surface area contributed by atoms with Gasteiger partial charge in [0.15, 0.2) is 17.4 Å². The second-order valence-corrected chi connectivity index (χ2v) is 8.03. The van der Waals surface area contributed by atoms with Crippen LogP contribution in [0.3, 0.4) is 0 Å². The molecule has 4 rings (SSSR count). The maximum Gasteiger partial charge on any atom is 0.350 e. The van der Waals surface area contributed by atoms with Crippen molar-refractivity contribution in [2.75, 3.05) is 19.0 Å². The summed E-state index contributed by atoms with van der Waals surface area (Å²) in [6.45, 7) is 1.36. The summed E-state index contributed by atoms with van der Waals surface area (Å²) >= 11 is 0. The lowest BCUT2D eigenvalue weighted by atomic mass is 10.0. The topological polar surface area (TPSA) is 177 Å². The highest BCUT2D eigenvalue weighted by molar-refractivity contribution is 5.95. The molecule has 13 heteroatoms. The SMILES string of the molecule is COc1cc(OCC(C)O)c(F)c(C(Nc2ccc(C(=N)N)cc2)c2nn(-c3ncccn3)c(=O)[nH]2)c1. The van der Waals surface area contributed by atoms with Gasteiger partial charge in [-0.2, -0.15) is 0 Å². The van der Waals surface area contributed by atoms with Crippen LogP contribution in [-0.4, -0.2) is 55.5 Å². The molecule has 0 radical (unpaired) electrons. The zero-order valence-electron chi connectivity index (χ0n) is 20.0. The van der Waals surface area contributed by atoms with E-state index in [4.69, 9.17) is 20.6 Å². The Bertz CT molecular complexity index is 1440. The molecule has 6 N–H and O–H groups in total. The van der Waals surface area contributed by atoms with Gasteiger partial charge < -0.3 is 25.6 Å². The molecule has 192 valence electrons. The maximum atomic E-state index is 15.8. The third kappa shape index (κ3) is 5.73. The number of nitrogen functional groups attached to an aromatic ring is 1. The average Bonchev–Trinajstić information content (AvgIpc) is 3.28. The van der Waals surface area contributed by atoms with E-state index in [0.29, 0.717) is 11.3 Å². The van der Waals surface area contributed by atoms with Gasteiger partial charge in [-0.3, -0.25) is 10.4 Å². The lowest BCUT2D eigenvalue weighted by molar-refractivity contribution is 0.120. The number of aromatic nitrogens is 5. The van der Waals surface area contributed by atoms with Crippen molar-refractivity contribution in [2.24, 2.45) is 5.73 Å². The number of nitrogens with two attached hydrogens (primary N) is 1. The number of rotatable bonds is 10. The molecule has 2 atom stereocenters. The van der Waals surface area contributed by atoms with E-state index in [-0.39, 0.29) is 41.3 Å². The van der Waals surface area contributed by atoms with Gasteiger partial charge in [-0.25, -0.2) is 19.2 Å². The van der Waals surface area contributed by atoms with Gasteiger partial charge >= 0.3 is 5.69 Å². The Morgan fingerprint density at radius 3 is 2.59 bits per heavy atom. The fourth-order valence-electron chi connectivity index (χ4n) is 3.45. The highest BCUT2D eigenvalue weighted by Gasteiger charge is 2.27. The number of aliphatic hydroxyl groups is 1. The molecule has 0 amide bonds. The van der Waals surface area contributed by atoms with Gasteiger partial charge in [0.2, 0.25) is 0 Å². The van der Waals surface area contributed by atoms with Crippen LogP contribution in [0.5, 0.6) is 11.5 Å². The number of amidine groups is 1. The van der Waals surface area contributed by atoms with Gasteiger partial charge in [-0.05, 0) is 43.3 Å². The second kappa shape index (κ2) is 10.9. The largest absolute Gasteiger partial charge is 0.497 e. The van der Waals surface area contributed by atoms with Gasteiger partial charge in [-0.1, -0.05) is 0 Å².